The molecule has 0 unspecified atom stereocenters. The lowest BCUT2D eigenvalue weighted by atomic mass is 10.0. The van der Waals surface area contributed by atoms with Crippen molar-refractivity contribution in [1.29, 1.82) is 0 Å². The molecule has 8 heteroatoms. The van der Waals surface area contributed by atoms with Crippen molar-refractivity contribution in [2.45, 2.75) is 12.4 Å². The van der Waals surface area contributed by atoms with Crippen LogP contribution < -0.4 is 4.74 Å². The summed E-state index contributed by atoms with van der Waals surface area (Å²) in [5.74, 6) is -1.34. The lowest BCUT2D eigenvalue weighted by Crippen LogP contribution is -2.15. The highest BCUT2D eigenvalue weighted by atomic mass is 19.4. The molecule has 0 aliphatic heterocycles. The van der Waals surface area contributed by atoms with Gasteiger partial charge in [-0.2, -0.15) is 26.3 Å². The van der Waals surface area contributed by atoms with Gasteiger partial charge in [0.05, 0.1) is 16.7 Å². The third-order valence-corrected chi connectivity index (χ3v) is 4.11. The first-order chi connectivity index (χ1) is 13.5. The van der Waals surface area contributed by atoms with Crippen molar-refractivity contribution in [1.82, 2.24) is 0 Å². The summed E-state index contributed by atoms with van der Waals surface area (Å²) in [6, 6.07) is 10.4. The molecule has 150 valence electrons. The van der Waals surface area contributed by atoms with Crippen molar-refractivity contribution in [3.63, 3.8) is 0 Å². The van der Waals surface area contributed by atoms with Gasteiger partial charge in [-0.25, -0.2) is 4.79 Å². The number of hydrogen-bond donors (Lipinski definition) is 0. The quantitative estimate of drug-likeness (QED) is 0.272. The van der Waals surface area contributed by atoms with Crippen molar-refractivity contribution >= 4 is 22.8 Å². The molecule has 0 radical (unpaired) electrons. The first-order valence-electron chi connectivity index (χ1n) is 8.15. The second-order valence-corrected chi connectivity index (χ2v) is 6.16. The van der Waals surface area contributed by atoms with Crippen LogP contribution in [0.25, 0.3) is 16.8 Å². The zero-order valence-corrected chi connectivity index (χ0v) is 14.6. The molecular formula is C21H12F6O2. The molecule has 0 saturated heterocycles. The number of rotatable bonds is 3. The Labute approximate surface area is 161 Å². The number of ether oxygens (including phenoxy) is 1. The van der Waals surface area contributed by atoms with E-state index in [2.05, 4.69) is 6.58 Å². The van der Waals surface area contributed by atoms with Gasteiger partial charge in [-0.1, -0.05) is 30.9 Å². The number of carbonyl (C=O) groups is 1. The lowest BCUT2D eigenvalue weighted by Gasteiger charge is -2.14. The minimum atomic E-state index is -5.05. The number of esters is 1. The monoisotopic (exact) mass is 410 g/mol. The second kappa shape index (κ2) is 7.27. The SMILES string of the molecule is C=Cc1ccc2cc(OC(=O)c3cc(C(F)(F)F)cc(C(F)(F)F)c3)ccc2c1. The number of benzene rings is 3. The van der Waals surface area contributed by atoms with E-state index in [0.29, 0.717) is 17.5 Å². The van der Waals surface area contributed by atoms with Gasteiger partial charge in [0.2, 0.25) is 0 Å². The van der Waals surface area contributed by atoms with Gasteiger partial charge in [-0.05, 0) is 52.7 Å². The average molecular weight is 410 g/mol. The Kier molecular flexibility index (Phi) is 5.13. The van der Waals surface area contributed by atoms with Crippen molar-refractivity contribution in [2.24, 2.45) is 0 Å². The highest BCUT2D eigenvalue weighted by molar-refractivity contribution is 5.93. The maximum absolute atomic E-state index is 12.9. The third kappa shape index (κ3) is 4.59. The zero-order chi connectivity index (χ0) is 21.4. The van der Waals surface area contributed by atoms with E-state index in [4.69, 9.17) is 4.74 Å². The summed E-state index contributed by atoms with van der Waals surface area (Å²) in [5.41, 5.74) is -3.18. The van der Waals surface area contributed by atoms with Crippen LogP contribution in [0.5, 0.6) is 5.75 Å². The number of fused-ring (bicyclic) bond motifs is 1. The molecule has 3 rings (SSSR count). The van der Waals surface area contributed by atoms with Gasteiger partial charge in [0.1, 0.15) is 5.75 Å². The number of hydrogen-bond acceptors (Lipinski definition) is 2. The molecule has 3 aromatic carbocycles. The van der Waals surface area contributed by atoms with Crippen LogP contribution in [0, 0.1) is 0 Å². The molecule has 0 N–H and O–H groups in total. The van der Waals surface area contributed by atoms with Gasteiger partial charge in [0.25, 0.3) is 0 Å². The highest BCUT2D eigenvalue weighted by Gasteiger charge is 2.37. The van der Waals surface area contributed by atoms with Gasteiger partial charge in [-0.3, -0.25) is 0 Å². The molecule has 29 heavy (non-hydrogen) atoms. The number of carbonyl (C=O) groups excluding carboxylic acids is 1. The molecule has 0 aromatic heterocycles. The van der Waals surface area contributed by atoms with E-state index in [1.807, 2.05) is 6.07 Å². The minimum absolute atomic E-state index is 0.0141. The lowest BCUT2D eigenvalue weighted by molar-refractivity contribution is -0.143. The normalized spacial score (nSPS) is 12.1. The fraction of sp³-hybridized carbons (Fsp3) is 0.0952. The smallest absolute Gasteiger partial charge is 0.416 e. The Balaban J connectivity index is 1.96. The van der Waals surface area contributed by atoms with Crippen LogP contribution in [0.4, 0.5) is 26.3 Å². The van der Waals surface area contributed by atoms with Crippen LogP contribution >= 0.6 is 0 Å². The maximum atomic E-state index is 12.9. The molecule has 0 aliphatic carbocycles. The van der Waals surface area contributed by atoms with Gasteiger partial charge in [-0.15, -0.1) is 0 Å². The molecule has 0 bridgehead atoms. The molecule has 0 amide bonds. The minimum Gasteiger partial charge on any atom is -0.423 e. The van der Waals surface area contributed by atoms with E-state index in [1.54, 1.807) is 24.3 Å². The van der Waals surface area contributed by atoms with Crippen LogP contribution in [-0.4, -0.2) is 5.97 Å². The summed E-state index contributed by atoms with van der Waals surface area (Å²) in [7, 11) is 0. The predicted octanol–water partition coefficient (Wildman–Crippen LogP) is 6.74. The Hall–Kier alpha value is -3.29. The summed E-state index contributed by atoms with van der Waals surface area (Å²) in [6.07, 6.45) is -8.47. The Morgan fingerprint density at radius 2 is 1.34 bits per heavy atom. The van der Waals surface area contributed by atoms with E-state index < -0.39 is 35.0 Å². The van der Waals surface area contributed by atoms with E-state index in [0.717, 1.165) is 10.9 Å². The summed E-state index contributed by atoms with van der Waals surface area (Å²) in [6.45, 7) is 3.65. The third-order valence-electron chi connectivity index (χ3n) is 4.11. The van der Waals surface area contributed by atoms with Gasteiger partial charge in [0.15, 0.2) is 0 Å². The summed E-state index contributed by atoms with van der Waals surface area (Å²) >= 11 is 0. The van der Waals surface area contributed by atoms with Crippen LogP contribution in [0.2, 0.25) is 0 Å². The van der Waals surface area contributed by atoms with E-state index in [1.165, 1.54) is 12.1 Å². The van der Waals surface area contributed by atoms with Crippen molar-refractivity contribution in [3.8, 4) is 5.75 Å². The molecule has 0 heterocycles. The molecule has 0 spiro atoms. The maximum Gasteiger partial charge on any atom is 0.416 e. The van der Waals surface area contributed by atoms with E-state index >= 15 is 0 Å². The van der Waals surface area contributed by atoms with E-state index in [-0.39, 0.29) is 11.8 Å². The molecular weight excluding hydrogens is 398 g/mol. The number of alkyl halides is 6. The Bertz CT molecular complexity index is 1060. The highest BCUT2D eigenvalue weighted by Crippen LogP contribution is 2.36. The van der Waals surface area contributed by atoms with Crippen molar-refractivity contribution < 1.29 is 35.9 Å². The summed E-state index contributed by atoms with van der Waals surface area (Å²) in [4.78, 5) is 12.2. The van der Waals surface area contributed by atoms with Gasteiger partial charge < -0.3 is 4.74 Å². The number of halogens is 6. The molecule has 0 atom stereocenters. The topological polar surface area (TPSA) is 26.3 Å². The first-order valence-corrected chi connectivity index (χ1v) is 8.15. The Morgan fingerprint density at radius 1 is 0.793 bits per heavy atom. The fourth-order valence-corrected chi connectivity index (χ4v) is 2.67. The predicted molar refractivity (Wildman–Crippen MR) is 95.4 cm³/mol. The van der Waals surface area contributed by atoms with Crippen LogP contribution in [0.1, 0.15) is 27.0 Å². The molecule has 0 saturated carbocycles. The largest absolute Gasteiger partial charge is 0.423 e. The van der Waals surface area contributed by atoms with Crippen LogP contribution in [0.15, 0.2) is 61.2 Å². The van der Waals surface area contributed by atoms with Crippen molar-refractivity contribution in [2.75, 3.05) is 0 Å². The van der Waals surface area contributed by atoms with Gasteiger partial charge >= 0.3 is 18.3 Å². The van der Waals surface area contributed by atoms with E-state index in [9.17, 15) is 31.1 Å². The van der Waals surface area contributed by atoms with Gasteiger partial charge in [0, 0.05) is 0 Å². The first kappa shape index (κ1) is 20.4. The summed E-state index contributed by atoms with van der Waals surface area (Å²) < 4.78 is 82.6. The molecule has 0 aliphatic rings. The standard InChI is InChI=1S/C21H12F6O2/c1-2-12-3-4-14-10-18(6-5-13(14)7-12)29-19(28)15-8-16(20(22,23)24)11-17(9-15)21(25,26)27/h2-11H,1H2. The summed E-state index contributed by atoms with van der Waals surface area (Å²) in [5, 5.41) is 1.46. The fourth-order valence-electron chi connectivity index (χ4n) is 2.67. The molecule has 3 aromatic rings. The molecule has 2 nitrogen and oxygen atoms in total. The molecule has 0 fully saturated rings. The average Bonchev–Trinajstić information content (AvgIpc) is 2.65. The van der Waals surface area contributed by atoms with Crippen LogP contribution in [-0.2, 0) is 12.4 Å². The zero-order valence-electron chi connectivity index (χ0n) is 14.6. The Morgan fingerprint density at radius 3 is 1.90 bits per heavy atom. The second-order valence-electron chi connectivity index (χ2n) is 6.16. The van der Waals surface area contributed by atoms with Crippen LogP contribution in [0.3, 0.4) is 0 Å². The van der Waals surface area contributed by atoms with Crippen molar-refractivity contribution in [3.05, 3.63) is 83.4 Å².